The minimum Gasteiger partial charge on any atom is -0.481 e. The van der Waals surface area contributed by atoms with Crippen LogP contribution >= 0.6 is 0 Å². The molecular formula is C15H18FNO4. The fourth-order valence-electron chi connectivity index (χ4n) is 2.37. The molecule has 6 heteroatoms. The Morgan fingerprint density at radius 3 is 2.76 bits per heavy atom. The number of carboxylic acids is 1. The highest BCUT2D eigenvalue weighted by Gasteiger charge is 2.34. The second kappa shape index (κ2) is 6.56. The van der Waals surface area contributed by atoms with Gasteiger partial charge in [-0.15, -0.1) is 0 Å². The number of hydrogen-bond donors (Lipinski definition) is 1. The van der Waals surface area contributed by atoms with Crippen molar-refractivity contribution in [2.75, 3.05) is 13.1 Å². The second-order valence-electron chi connectivity index (χ2n) is 5.05. The number of amides is 1. The van der Waals surface area contributed by atoms with E-state index in [9.17, 15) is 14.0 Å². The number of hydrogen-bond acceptors (Lipinski definition) is 3. The molecule has 2 atom stereocenters. The molecule has 0 saturated carbocycles. The zero-order chi connectivity index (χ0) is 15.4. The van der Waals surface area contributed by atoms with Crippen LogP contribution in [0.2, 0.25) is 0 Å². The summed E-state index contributed by atoms with van der Waals surface area (Å²) in [7, 11) is 0. The van der Waals surface area contributed by atoms with Crippen molar-refractivity contribution in [3.63, 3.8) is 0 Å². The fourth-order valence-corrected chi connectivity index (χ4v) is 2.37. The van der Waals surface area contributed by atoms with E-state index in [-0.39, 0.29) is 18.2 Å². The highest BCUT2D eigenvalue weighted by Crippen LogP contribution is 2.22. The zero-order valence-electron chi connectivity index (χ0n) is 11.8. The van der Waals surface area contributed by atoms with Crippen LogP contribution < -0.4 is 4.74 Å². The minimum atomic E-state index is -0.895. The van der Waals surface area contributed by atoms with E-state index < -0.39 is 23.8 Å². The molecule has 21 heavy (non-hydrogen) atoms. The lowest BCUT2D eigenvalue weighted by Crippen LogP contribution is -2.41. The molecule has 5 nitrogen and oxygen atoms in total. The molecule has 0 aliphatic carbocycles. The highest BCUT2D eigenvalue weighted by atomic mass is 19.1. The normalized spacial score (nSPS) is 19.3. The van der Waals surface area contributed by atoms with Gasteiger partial charge in [0.05, 0.1) is 5.92 Å². The van der Waals surface area contributed by atoms with Gasteiger partial charge in [-0.25, -0.2) is 4.39 Å². The van der Waals surface area contributed by atoms with E-state index in [0.29, 0.717) is 19.4 Å². The smallest absolute Gasteiger partial charge is 0.308 e. The van der Waals surface area contributed by atoms with Gasteiger partial charge in [0.1, 0.15) is 0 Å². The van der Waals surface area contributed by atoms with Crippen molar-refractivity contribution < 1.29 is 23.8 Å². The summed E-state index contributed by atoms with van der Waals surface area (Å²) in [5.41, 5.74) is 0. The number of nitrogens with zero attached hydrogens (tertiary/aromatic N) is 1. The molecule has 0 unspecified atom stereocenters. The first-order valence-electron chi connectivity index (χ1n) is 6.95. The summed E-state index contributed by atoms with van der Waals surface area (Å²) in [5, 5.41) is 8.96. The molecule has 1 N–H and O–H groups in total. The summed E-state index contributed by atoms with van der Waals surface area (Å²) >= 11 is 0. The van der Waals surface area contributed by atoms with Gasteiger partial charge in [0, 0.05) is 13.1 Å². The fraction of sp³-hybridized carbons (Fsp3) is 0.467. The largest absolute Gasteiger partial charge is 0.481 e. The third kappa shape index (κ3) is 3.51. The third-order valence-electron chi connectivity index (χ3n) is 3.60. The predicted octanol–water partition coefficient (Wildman–Crippen LogP) is 1.92. The van der Waals surface area contributed by atoms with Crippen LogP contribution in [0.5, 0.6) is 5.75 Å². The molecule has 0 bridgehead atoms. The van der Waals surface area contributed by atoms with Gasteiger partial charge in [-0.1, -0.05) is 19.1 Å². The summed E-state index contributed by atoms with van der Waals surface area (Å²) in [6.45, 7) is 2.35. The highest BCUT2D eigenvalue weighted by molar-refractivity contribution is 5.82. The topological polar surface area (TPSA) is 66.8 Å². The summed E-state index contributed by atoms with van der Waals surface area (Å²) in [6, 6.07) is 5.91. The Morgan fingerprint density at radius 1 is 1.48 bits per heavy atom. The molecule has 1 aromatic rings. The number of aliphatic carboxylic acids is 1. The SMILES string of the molecule is CC[C@@H](Oc1ccccc1F)C(=O)N1CC[C@@H](C(=O)O)C1. The van der Waals surface area contributed by atoms with Gasteiger partial charge in [-0.2, -0.15) is 0 Å². The Labute approximate surface area is 122 Å². The molecule has 1 aliphatic rings. The maximum atomic E-state index is 13.6. The number of benzene rings is 1. The number of halogens is 1. The van der Waals surface area contributed by atoms with E-state index in [4.69, 9.17) is 9.84 Å². The zero-order valence-corrected chi connectivity index (χ0v) is 11.8. The van der Waals surface area contributed by atoms with Gasteiger partial charge in [0.25, 0.3) is 5.91 Å². The molecule has 1 saturated heterocycles. The van der Waals surface area contributed by atoms with E-state index in [1.807, 2.05) is 0 Å². The van der Waals surface area contributed by atoms with Gasteiger partial charge in [-0.05, 0) is 25.0 Å². The van der Waals surface area contributed by atoms with E-state index in [1.54, 1.807) is 19.1 Å². The average molecular weight is 295 g/mol. The Morgan fingerprint density at radius 2 is 2.19 bits per heavy atom. The van der Waals surface area contributed by atoms with Crippen LogP contribution in [0.3, 0.4) is 0 Å². The first-order valence-corrected chi connectivity index (χ1v) is 6.95. The molecule has 0 radical (unpaired) electrons. The molecular weight excluding hydrogens is 277 g/mol. The number of para-hydroxylation sites is 1. The van der Waals surface area contributed by atoms with Crippen LogP contribution in [0.15, 0.2) is 24.3 Å². The van der Waals surface area contributed by atoms with Crippen molar-refractivity contribution in [1.82, 2.24) is 4.90 Å². The summed E-state index contributed by atoms with van der Waals surface area (Å²) in [4.78, 5) is 24.8. The standard InChI is InChI=1S/C15H18FNO4/c1-2-12(21-13-6-4-3-5-11(13)16)14(18)17-8-7-10(9-17)15(19)20/h3-6,10,12H,2,7-9H2,1H3,(H,19,20)/t10-,12-/m1/s1. The monoisotopic (exact) mass is 295 g/mol. The van der Waals surface area contributed by atoms with E-state index in [0.717, 1.165) is 0 Å². The van der Waals surface area contributed by atoms with Crippen molar-refractivity contribution in [2.45, 2.75) is 25.9 Å². The summed E-state index contributed by atoms with van der Waals surface area (Å²) in [5.74, 6) is -2.20. The predicted molar refractivity (Wildman–Crippen MR) is 73.4 cm³/mol. The number of ether oxygens (including phenoxy) is 1. The van der Waals surface area contributed by atoms with Crippen LogP contribution in [-0.4, -0.2) is 41.1 Å². The molecule has 0 aromatic heterocycles. The van der Waals surface area contributed by atoms with Crippen molar-refractivity contribution in [2.24, 2.45) is 5.92 Å². The molecule has 114 valence electrons. The number of carbonyl (C=O) groups is 2. The average Bonchev–Trinajstić information content (AvgIpc) is 2.96. The van der Waals surface area contributed by atoms with Crippen LogP contribution in [0.1, 0.15) is 19.8 Å². The van der Waals surface area contributed by atoms with Gasteiger partial charge < -0.3 is 14.7 Å². The maximum absolute atomic E-state index is 13.6. The Hall–Kier alpha value is -2.11. The summed E-state index contributed by atoms with van der Waals surface area (Å²) in [6.07, 6.45) is 0.0351. The quantitative estimate of drug-likeness (QED) is 0.901. The first kappa shape index (κ1) is 15.3. The van der Waals surface area contributed by atoms with Crippen LogP contribution in [0, 0.1) is 11.7 Å². The molecule has 1 aromatic carbocycles. The van der Waals surface area contributed by atoms with Crippen molar-refractivity contribution in [3.8, 4) is 5.75 Å². The molecule has 1 fully saturated rings. The number of rotatable bonds is 5. The molecule has 1 amide bonds. The van der Waals surface area contributed by atoms with E-state index >= 15 is 0 Å². The third-order valence-corrected chi connectivity index (χ3v) is 3.60. The molecule has 1 aliphatic heterocycles. The first-order chi connectivity index (χ1) is 10.0. The molecule has 1 heterocycles. The number of carbonyl (C=O) groups excluding carboxylic acids is 1. The molecule has 2 rings (SSSR count). The van der Waals surface area contributed by atoms with E-state index in [1.165, 1.54) is 17.0 Å². The van der Waals surface area contributed by atoms with Crippen molar-refractivity contribution in [3.05, 3.63) is 30.1 Å². The van der Waals surface area contributed by atoms with Crippen LogP contribution in [0.4, 0.5) is 4.39 Å². The van der Waals surface area contributed by atoms with Crippen molar-refractivity contribution >= 4 is 11.9 Å². The van der Waals surface area contributed by atoms with Gasteiger partial charge >= 0.3 is 5.97 Å². The number of likely N-dealkylation sites (tertiary alicyclic amines) is 1. The minimum absolute atomic E-state index is 0.0340. The lowest BCUT2D eigenvalue weighted by atomic mass is 10.1. The number of carboxylic acid groups (broad SMARTS) is 1. The van der Waals surface area contributed by atoms with Crippen LogP contribution in [0.25, 0.3) is 0 Å². The molecule has 0 spiro atoms. The van der Waals surface area contributed by atoms with Crippen molar-refractivity contribution in [1.29, 1.82) is 0 Å². The lowest BCUT2D eigenvalue weighted by Gasteiger charge is -2.23. The maximum Gasteiger partial charge on any atom is 0.308 e. The van der Waals surface area contributed by atoms with E-state index in [2.05, 4.69) is 0 Å². The van der Waals surface area contributed by atoms with Gasteiger partial charge in [0.2, 0.25) is 0 Å². The Kier molecular flexibility index (Phi) is 4.77. The van der Waals surface area contributed by atoms with Gasteiger partial charge in [0.15, 0.2) is 17.7 Å². The Bertz CT molecular complexity index is 534. The Balaban J connectivity index is 2.03. The second-order valence-corrected chi connectivity index (χ2v) is 5.05. The van der Waals surface area contributed by atoms with Gasteiger partial charge in [-0.3, -0.25) is 9.59 Å². The summed E-state index contributed by atoms with van der Waals surface area (Å²) < 4.78 is 19.0. The lowest BCUT2D eigenvalue weighted by molar-refractivity contribution is -0.142. The van der Waals surface area contributed by atoms with Crippen LogP contribution in [-0.2, 0) is 9.59 Å².